The van der Waals surface area contributed by atoms with E-state index in [-0.39, 0.29) is 49.8 Å². The normalized spacial score (nSPS) is 26.2. The first-order valence-electron chi connectivity index (χ1n) is 26.1. The lowest BCUT2D eigenvalue weighted by atomic mass is 9.47. The smallest absolute Gasteiger partial charge is 0.429 e. The average Bonchev–Trinajstić information content (AvgIpc) is 3.67. The van der Waals surface area contributed by atoms with E-state index in [2.05, 4.69) is 62.0 Å². The number of aryl methyl sites for hydroxylation is 1. The molecule has 2 aromatic carbocycles. The molecule has 0 aromatic heterocycles. The van der Waals surface area contributed by atoms with Gasteiger partial charge in [-0.1, -0.05) is 95.4 Å². The maximum atomic E-state index is 13.1. The molecule has 0 spiro atoms. The topological polar surface area (TPSA) is 187 Å². The molecule has 6 rings (SSSR count). The van der Waals surface area contributed by atoms with Crippen LogP contribution in [0.3, 0.4) is 0 Å². The van der Waals surface area contributed by atoms with Crippen LogP contribution in [-0.4, -0.2) is 67.7 Å². The molecule has 1 unspecified atom stereocenters. The molecule has 4 amide bonds. The maximum Gasteiger partial charge on any atom is 0.514 e. The summed E-state index contributed by atoms with van der Waals surface area (Å²) >= 11 is 0. The van der Waals surface area contributed by atoms with Crippen LogP contribution >= 0.6 is 0 Å². The van der Waals surface area contributed by atoms with Crippen molar-refractivity contribution < 1.29 is 38.2 Å². The molecular weight excluding hydrogens is 871 g/mol. The predicted octanol–water partition coefficient (Wildman–Crippen LogP) is 9.70. The summed E-state index contributed by atoms with van der Waals surface area (Å²) in [6, 6.07) is 12.3. The van der Waals surface area contributed by atoms with Gasteiger partial charge in [-0.25, -0.2) is 4.79 Å². The Labute approximate surface area is 412 Å². The van der Waals surface area contributed by atoms with Crippen LogP contribution in [0.25, 0.3) is 0 Å². The van der Waals surface area contributed by atoms with Crippen LogP contribution in [0.4, 0.5) is 10.5 Å². The minimum atomic E-state index is -0.984. The van der Waals surface area contributed by atoms with Gasteiger partial charge in [-0.05, 0) is 154 Å². The third kappa shape index (κ3) is 14.9. The average molecular weight is 954 g/mol. The number of amides is 4. The monoisotopic (exact) mass is 954 g/mol. The number of benzene rings is 2. The summed E-state index contributed by atoms with van der Waals surface area (Å²) in [5.41, 5.74) is 10.6. The van der Waals surface area contributed by atoms with Gasteiger partial charge in [0.15, 0.2) is 0 Å². The first-order valence-corrected chi connectivity index (χ1v) is 26.1. The second-order valence-electron chi connectivity index (χ2n) is 22.0. The molecule has 69 heavy (non-hydrogen) atoms. The van der Waals surface area contributed by atoms with Crippen molar-refractivity contribution >= 4 is 35.5 Å². The van der Waals surface area contributed by atoms with Gasteiger partial charge in [0, 0.05) is 37.7 Å². The zero-order valence-electron chi connectivity index (χ0n) is 42.7. The number of ether oxygens (including phenoxy) is 3. The van der Waals surface area contributed by atoms with Gasteiger partial charge in [-0.2, -0.15) is 0 Å². The SMILES string of the molecule is Cc1ccc(OC(=O)OCc2ccc(NC(=O)CNC(=O)[C@H](CC(C)N)NC(=O)CCC(=O)NCCCO[C@H]3CC[C@@]4(C)C(=CC[C@H]5[C@@H]6CC[C@H]([C@H](C)CCCC(C)C)[C@@]6(C)CC[C@@H]54)C3)cc2)cc1. The Kier molecular flexibility index (Phi) is 19.3. The highest BCUT2D eigenvalue weighted by molar-refractivity contribution is 5.96. The largest absolute Gasteiger partial charge is 0.514 e. The van der Waals surface area contributed by atoms with Crippen LogP contribution < -0.4 is 31.7 Å². The lowest BCUT2D eigenvalue weighted by molar-refractivity contribution is -0.131. The van der Waals surface area contributed by atoms with Crippen molar-refractivity contribution in [2.24, 2.45) is 52.1 Å². The lowest BCUT2D eigenvalue weighted by Crippen LogP contribution is -2.51. The molecule has 13 heteroatoms. The summed E-state index contributed by atoms with van der Waals surface area (Å²) < 4.78 is 16.8. The van der Waals surface area contributed by atoms with Crippen molar-refractivity contribution in [3.63, 3.8) is 0 Å². The highest BCUT2D eigenvalue weighted by atomic mass is 16.7. The van der Waals surface area contributed by atoms with Crippen LogP contribution in [-0.2, 0) is 35.3 Å². The third-order valence-corrected chi connectivity index (χ3v) is 16.3. The minimum absolute atomic E-state index is 0.0275. The van der Waals surface area contributed by atoms with Gasteiger partial charge in [-0.3, -0.25) is 19.2 Å². The molecule has 380 valence electrons. The number of allylic oxidation sites excluding steroid dienone is 1. The molecule has 10 atom stereocenters. The summed E-state index contributed by atoms with van der Waals surface area (Å²) in [4.78, 5) is 63.4. The van der Waals surface area contributed by atoms with E-state index in [0.717, 1.165) is 53.9 Å². The van der Waals surface area contributed by atoms with E-state index >= 15 is 0 Å². The Balaban J connectivity index is 0.840. The van der Waals surface area contributed by atoms with E-state index in [1.807, 2.05) is 19.1 Å². The molecule has 0 heterocycles. The molecule has 0 aliphatic heterocycles. The van der Waals surface area contributed by atoms with Gasteiger partial charge in [0.2, 0.25) is 23.6 Å². The highest BCUT2D eigenvalue weighted by Gasteiger charge is 2.59. The number of anilines is 1. The fraction of sp³-hybridized carbons (Fsp3) is 0.661. The quantitative estimate of drug-likeness (QED) is 0.0313. The van der Waals surface area contributed by atoms with E-state index in [4.69, 9.17) is 19.9 Å². The van der Waals surface area contributed by atoms with Crippen molar-refractivity contribution in [1.29, 1.82) is 0 Å². The van der Waals surface area contributed by atoms with Crippen LogP contribution in [0.1, 0.15) is 149 Å². The molecule has 4 aliphatic carbocycles. The Morgan fingerprint density at radius 1 is 0.812 bits per heavy atom. The van der Waals surface area contributed by atoms with Gasteiger partial charge < -0.3 is 41.2 Å². The molecule has 0 radical (unpaired) electrons. The van der Waals surface area contributed by atoms with E-state index in [1.165, 1.54) is 57.8 Å². The summed E-state index contributed by atoms with van der Waals surface area (Å²) in [5, 5.41) is 10.9. The summed E-state index contributed by atoms with van der Waals surface area (Å²) in [5.74, 6) is 3.59. The third-order valence-electron chi connectivity index (χ3n) is 16.3. The molecular formula is C56H83N5O8. The first kappa shape index (κ1) is 53.6. The summed E-state index contributed by atoms with van der Waals surface area (Å²) in [7, 11) is 0. The number of nitrogens with two attached hydrogens (primary N) is 1. The van der Waals surface area contributed by atoms with Crippen LogP contribution in [0.2, 0.25) is 0 Å². The van der Waals surface area contributed by atoms with Crippen LogP contribution in [0, 0.1) is 53.3 Å². The number of rotatable bonds is 23. The number of carbonyl (C=O) groups excluding carboxylic acids is 5. The molecule has 4 aliphatic rings. The zero-order valence-corrected chi connectivity index (χ0v) is 42.7. The second-order valence-corrected chi connectivity index (χ2v) is 22.0. The Morgan fingerprint density at radius 3 is 2.28 bits per heavy atom. The van der Waals surface area contributed by atoms with E-state index in [0.29, 0.717) is 42.0 Å². The van der Waals surface area contributed by atoms with Crippen molar-refractivity contribution in [2.45, 2.75) is 170 Å². The number of hydrogen-bond donors (Lipinski definition) is 5. The van der Waals surface area contributed by atoms with E-state index < -0.39 is 36.0 Å². The zero-order chi connectivity index (χ0) is 49.7. The van der Waals surface area contributed by atoms with E-state index in [1.54, 1.807) is 48.9 Å². The Morgan fingerprint density at radius 2 is 1.55 bits per heavy atom. The van der Waals surface area contributed by atoms with Gasteiger partial charge in [0.1, 0.15) is 18.4 Å². The van der Waals surface area contributed by atoms with Crippen molar-refractivity contribution in [1.82, 2.24) is 16.0 Å². The highest BCUT2D eigenvalue weighted by Crippen LogP contribution is 2.67. The molecule has 2 aromatic rings. The molecule has 13 nitrogen and oxygen atoms in total. The first-order chi connectivity index (χ1) is 32.9. The van der Waals surface area contributed by atoms with Gasteiger partial charge >= 0.3 is 6.16 Å². The Bertz CT molecular complexity index is 2070. The fourth-order valence-electron chi connectivity index (χ4n) is 12.6. The number of carbonyl (C=O) groups is 5. The van der Waals surface area contributed by atoms with Gasteiger partial charge in [-0.15, -0.1) is 0 Å². The van der Waals surface area contributed by atoms with Crippen molar-refractivity contribution in [2.75, 3.05) is 25.0 Å². The summed E-state index contributed by atoms with van der Waals surface area (Å²) in [6.07, 6.45) is 16.9. The Hall–Kier alpha value is -4.75. The molecule has 3 fully saturated rings. The molecule has 0 saturated heterocycles. The fourth-order valence-corrected chi connectivity index (χ4v) is 12.6. The lowest BCUT2D eigenvalue weighted by Gasteiger charge is -2.58. The van der Waals surface area contributed by atoms with Crippen LogP contribution in [0.5, 0.6) is 5.75 Å². The predicted molar refractivity (Wildman–Crippen MR) is 270 cm³/mol. The molecule has 0 bridgehead atoms. The number of fused-ring (bicyclic) bond motifs is 5. The molecule has 6 N–H and O–H groups in total. The van der Waals surface area contributed by atoms with Crippen molar-refractivity contribution in [3.8, 4) is 5.75 Å². The van der Waals surface area contributed by atoms with Crippen LogP contribution in [0.15, 0.2) is 60.2 Å². The molecule has 3 saturated carbocycles. The summed E-state index contributed by atoms with van der Waals surface area (Å²) in [6.45, 7) is 16.8. The van der Waals surface area contributed by atoms with E-state index in [9.17, 15) is 24.0 Å². The minimum Gasteiger partial charge on any atom is -0.429 e. The maximum absolute atomic E-state index is 13.1. The standard InChI is InChI=1S/C56H83N5O8/c1-36(2)10-8-11-38(4)46-22-23-47-45-21-16-41-33-44(26-28-55(41,6)48(45)27-29-56(46,47)7)67-31-9-30-58-50(62)24-25-51(63)61-49(32-39(5)57)53(65)59-34-52(64)60-42-17-14-40(15-18-42)35-68-54(66)69-43-19-12-37(3)13-20-43/h12-20,36,38-39,44-49H,8-11,21-35,57H2,1-7H3,(H,58,62)(H,59,65)(H,60,64)(H,61,63)/t38-,39?,44+,45+,46-,47+,48+,49+,55+,56-/m1/s1. The van der Waals surface area contributed by atoms with Gasteiger partial charge in [0.05, 0.1) is 12.6 Å². The van der Waals surface area contributed by atoms with Gasteiger partial charge in [0.25, 0.3) is 0 Å². The second kappa shape index (κ2) is 24.9. The number of nitrogens with one attached hydrogen (secondary N) is 4. The van der Waals surface area contributed by atoms with Crippen molar-refractivity contribution in [3.05, 3.63) is 71.3 Å². The number of hydrogen-bond acceptors (Lipinski definition) is 9.